The number of fused-ring (bicyclic) bond motifs is 1. The van der Waals surface area contributed by atoms with Gasteiger partial charge in [0.2, 0.25) is 0 Å². The Bertz CT molecular complexity index is 457. The van der Waals surface area contributed by atoms with Gasteiger partial charge in [0.05, 0.1) is 0 Å². The third kappa shape index (κ3) is 3.78. The molecule has 1 atom stereocenters. The van der Waals surface area contributed by atoms with Gasteiger partial charge in [-0.05, 0) is 57.2 Å². The third-order valence-corrected chi connectivity index (χ3v) is 3.37. The standard InChI is InChI=1S/C15H23N3O/c1-11(10-18(2)3)17-15(19)13-5-4-12-6-7-16-9-14(12)8-13/h4-5,8,11,16H,6-7,9-10H2,1-3H3,(H,17,19). The molecule has 1 unspecified atom stereocenters. The topological polar surface area (TPSA) is 44.4 Å². The van der Waals surface area contributed by atoms with Crippen LogP contribution in [0.1, 0.15) is 28.4 Å². The minimum absolute atomic E-state index is 0.0164. The number of hydrogen-bond acceptors (Lipinski definition) is 3. The number of carbonyl (C=O) groups is 1. The van der Waals surface area contributed by atoms with E-state index in [1.807, 2.05) is 33.2 Å². The van der Waals surface area contributed by atoms with Gasteiger partial charge in [0, 0.05) is 24.7 Å². The smallest absolute Gasteiger partial charge is 0.251 e. The van der Waals surface area contributed by atoms with E-state index in [9.17, 15) is 4.79 Å². The molecule has 1 amide bonds. The summed E-state index contributed by atoms with van der Waals surface area (Å²) in [6, 6.07) is 6.18. The van der Waals surface area contributed by atoms with E-state index in [1.165, 1.54) is 11.1 Å². The van der Waals surface area contributed by atoms with Gasteiger partial charge in [0.25, 0.3) is 5.91 Å². The maximum atomic E-state index is 12.2. The maximum absolute atomic E-state index is 12.2. The highest BCUT2D eigenvalue weighted by atomic mass is 16.1. The van der Waals surface area contributed by atoms with Crippen molar-refractivity contribution in [3.8, 4) is 0 Å². The summed E-state index contributed by atoms with van der Waals surface area (Å²) in [7, 11) is 4.01. The van der Waals surface area contributed by atoms with Crippen LogP contribution in [0.25, 0.3) is 0 Å². The fraction of sp³-hybridized carbons (Fsp3) is 0.533. The van der Waals surface area contributed by atoms with Gasteiger partial charge in [-0.1, -0.05) is 6.07 Å². The second-order valence-electron chi connectivity index (χ2n) is 5.55. The lowest BCUT2D eigenvalue weighted by atomic mass is 9.98. The Labute approximate surface area is 115 Å². The summed E-state index contributed by atoms with van der Waals surface area (Å²) in [4.78, 5) is 14.2. The number of amides is 1. The molecule has 1 aromatic carbocycles. The first kappa shape index (κ1) is 14.0. The predicted octanol–water partition coefficient (Wildman–Crippen LogP) is 1.01. The predicted molar refractivity (Wildman–Crippen MR) is 77.3 cm³/mol. The van der Waals surface area contributed by atoms with E-state index in [4.69, 9.17) is 0 Å². The quantitative estimate of drug-likeness (QED) is 0.850. The highest BCUT2D eigenvalue weighted by molar-refractivity contribution is 5.94. The summed E-state index contributed by atoms with van der Waals surface area (Å²) in [5.41, 5.74) is 3.36. The molecule has 4 nitrogen and oxygen atoms in total. The van der Waals surface area contributed by atoms with Crippen LogP contribution in [-0.2, 0) is 13.0 Å². The Balaban J connectivity index is 2.03. The number of rotatable bonds is 4. The molecular formula is C15H23N3O. The molecule has 0 aromatic heterocycles. The summed E-state index contributed by atoms with van der Waals surface area (Å²) in [5, 5.41) is 6.37. The van der Waals surface area contributed by atoms with E-state index in [-0.39, 0.29) is 11.9 Å². The average molecular weight is 261 g/mol. The van der Waals surface area contributed by atoms with Crippen LogP contribution >= 0.6 is 0 Å². The number of nitrogens with zero attached hydrogens (tertiary/aromatic N) is 1. The molecule has 0 fully saturated rings. The van der Waals surface area contributed by atoms with Gasteiger partial charge in [-0.3, -0.25) is 4.79 Å². The Morgan fingerprint density at radius 3 is 2.95 bits per heavy atom. The molecule has 0 spiro atoms. The molecule has 1 aliphatic heterocycles. The van der Waals surface area contributed by atoms with Crippen molar-refractivity contribution in [3.05, 3.63) is 34.9 Å². The van der Waals surface area contributed by atoms with Gasteiger partial charge in [0.1, 0.15) is 0 Å². The fourth-order valence-corrected chi connectivity index (χ4v) is 2.52. The number of likely N-dealkylation sites (N-methyl/N-ethyl adjacent to an activating group) is 1. The van der Waals surface area contributed by atoms with Gasteiger partial charge >= 0.3 is 0 Å². The Hall–Kier alpha value is -1.39. The van der Waals surface area contributed by atoms with Crippen LogP contribution in [0.5, 0.6) is 0 Å². The molecule has 0 bridgehead atoms. The van der Waals surface area contributed by atoms with Gasteiger partial charge < -0.3 is 15.5 Å². The van der Waals surface area contributed by atoms with Crippen LogP contribution < -0.4 is 10.6 Å². The number of hydrogen-bond donors (Lipinski definition) is 2. The number of benzene rings is 1. The lowest BCUT2D eigenvalue weighted by Gasteiger charge is -2.20. The van der Waals surface area contributed by atoms with E-state index in [2.05, 4.69) is 21.6 Å². The first-order valence-electron chi connectivity index (χ1n) is 6.84. The summed E-state index contributed by atoms with van der Waals surface area (Å²) >= 11 is 0. The lowest BCUT2D eigenvalue weighted by molar-refractivity contribution is 0.0934. The van der Waals surface area contributed by atoms with Crippen molar-refractivity contribution in [1.29, 1.82) is 0 Å². The van der Waals surface area contributed by atoms with Crippen LogP contribution in [0.3, 0.4) is 0 Å². The summed E-state index contributed by atoms with van der Waals surface area (Å²) in [6.45, 7) is 4.76. The minimum atomic E-state index is 0.0164. The molecule has 1 heterocycles. The van der Waals surface area contributed by atoms with Crippen LogP contribution in [0, 0.1) is 0 Å². The Morgan fingerprint density at radius 1 is 1.42 bits per heavy atom. The second-order valence-corrected chi connectivity index (χ2v) is 5.55. The molecule has 0 aliphatic carbocycles. The molecular weight excluding hydrogens is 238 g/mol. The SMILES string of the molecule is CC(CN(C)C)NC(=O)c1ccc2c(c1)CNCC2. The lowest BCUT2D eigenvalue weighted by Crippen LogP contribution is -2.39. The van der Waals surface area contributed by atoms with Gasteiger partial charge in [-0.15, -0.1) is 0 Å². The Morgan fingerprint density at radius 2 is 2.21 bits per heavy atom. The molecule has 19 heavy (non-hydrogen) atoms. The highest BCUT2D eigenvalue weighted by Gasteiger charge is 2.14. The van der Waals surface area contributed by atoms with Crippen molar-refractivity contribution in [2.45, 2.75) is 25.9 Å². The zero-order valence-electron chi connectivity index (χ0n) is 12.0. The van der Waals surface area contributed by atoms with E-state index < -0.39 is 0 Å². The summed E-state index contributed by atoms with van der Waals surface area (Å²) in [5.74, 6) is 0.0164. The van der Waals surface area contributed by atoms with Gasteiger partial charge in [-0.2, -0.15) is 0 Å². The van der Waals surface area contributed by atoms with Crippen LogP contribution in [-0.4, -0.2) is 44.0 Å². The molecule has 1 aliphatic rings. The highest BCUT2D eigenvalue weighted by Crippen LogP contribution is 2.15. The van der Waals surface area contributed by atoms with E-state index in [0.717, 1.165) is 31.6 Å². The Kier molecular flexibility index (Phi) is 4.56. The van der Waals surface area contributed by atoms with E-state index in [0.29, 0.717) is 0 Å². The largest absolute Gasteiger partial charge is 0.348 e. The van der Waals surface area contributed by atoms with Crippen molar-refractivity contribution in [2.75, 3.05) is 27.2 Å². The van der Waals surface area contributed by atoms with Crippen LogP contribution in [0.4, 0.5) is 0 Å². The van der Waals surface area contributed by atoms with Crippen molar-refractivity contribution in [3.63, 3.8) is 0 Å². The average Bonchev–Trinajstić information content (AvgIpc) is 2.37. The normalized spacial score (nSPS) is 16.0. The third-order valence-electron chi connectivity index (χ3n) is 3.37. The van der Waals surface area contributed by atoms with Crippen LogP contribution in [0.15, 0.2) is 18.2 Å². The minimum Gasteiger partial charge on any atom is -0.348 e. The number of nitrogens with one attached hydrogen (secondary N) is 2. The molecule has 1 aromatic rings. The molecule has 0 saturated heterocycles. The van der Waals surface area contributed by atoms with Gasteiger partial charge in [-0.25, -0.2) is 0 Å². The molecule has 4 heteroatoms. The summed E-state index contributed by atoms with van der Waals surface area (Å²) < 4.78 is 0. The van der Waals surface area contributed by atoms with Crippen molar-refractivity contribution >= 4 is 5.91 Å². The van der Waals surface area contributed by atoms with Crippen molar-refractivity contribution < 1.29 is 4.79 Å². The zero-order valence-corrected chi connectivity index (χ0v) is 12.0. The molecule has 2 rings (SSSR count). The summed E-state index contributed by atoms with van der Waals surface area (Å²) in [6.07, 6.45) is 1.05. The zero-order chi connectivity index (χ0) is 13.8. The first-order chi connectivity index (χ1) is 9.06. The van der Waals surface area contributed by atoms with E-state index in [1.54, 1.807) is 0 Å². The molecule has 0 saturated carbocycles. The molecule has 104 valence electrons. The second kappa shape index (κ2) is 6.17. The van der Waals surface area contributed by atoms with Gasteiger partial charge in [0.15, 0.2) is 0 Å². The monoisotopic (exact) mass is 261 g/mol. The molecule has 0 radical (unpaired) electrons. The fourth-order valence-electron chi connectivity index (χ4n) is 2.52. The van der Waals surface area contributed by atoms with Crippen LogP contribution in [0.2, 0.25) is 0 Å². The first-order valence-corrected chi connectivity index (χ1v) is 6.84. The number of carbonyl (C=O) groups excluding carboxylic acids is 1. The molecule has 2 N–H and O–H groups in total. The van der Waals surface area contributed by atoms with Crippen molar-refractivity contribution in [1.82, 2.24) is 15.5 Å². The van der Waals surface area contributed by atoms with E-state index >= 15 is 0 Å². The van der Waals surface area contributed by atoms with Crippen molar-refractivity contribution in [2.24, 2.45) is 0 Å². The maximum Gasteiger partial charge on any atom is 0.251 e.